The Balaban J connectivity index is 2.11. The fourth-order valence-electron chi connectivity index (χ4n) is 2.12. The van der Waals surface area contributed by atoms with Crippen molar-refractivity contribution in [2.75, 3.05) is 7.11 Å². The zero-order chi connectivity index (χ0) is 15.0. The normalized spacial score (nSPS) is 11.0. The van der Waals surface area contributed by atoms with E-state index in [1.807, 2.05) is 0 Å². The molecule has 0 aliphatic carbocycles. The molecular weight excluding hydrogens is 312 g/mol. The Kier molecular flexibility index (Phi) is 3.57. The van der Waals surface area contributed by atoms with Crippen molar-refractivity contribution in [3.05, 3.63) is 40.5 Å². The quantitative estimate of drug-likeness (QED) is 0.800. The molecule has 21 heavy (non-hydrogen) atoms. The minimum absolute atomic E-state index is 0.0392. The van der Waals surface area contributed by atoms with Gasteiger partial charge in [0.15, 0.2) is 4.96 Å². The van der Waals surface area contributed by atoms with E-state index in [0.717, 1.165) is 10.5 Å². The van der Waals surface area contributed by atoms with Gasteiger partial charge in [0.05, 0.1) is 19.2 Å². The predicted octanol–water partition coefficient (Wildman–Crippen LogP) is 3.35. The number of halogens is 1. The van der Waals surface area contributed by atoms with Crippen molar-refractivity contribution in [1.82, 2.24) is 9.38 Å². The Bertz CT molecular complexity index is 825. The SMILES string of the molecule is COc1ccc(Cl)cc1-c1cn2c(CC(=O)O)csc2n1. The van der Waals surface area contributed by atoms with Gasteiger partial charge in [-0.3, -0.25) is 9.20 Å². The fraction of sp³-hybridized carbons (Fsp3) is 0.143. The summed E-state index contributed by atoms with van der Waals surface area (Å²) in [5.74, 6) is -0.199. The van der Waals surface area contributed by atoms with Gasteiger partial charge in [-0.05, 0) is 18.2 Å². The Labute approximate surface area is 129 Å². The summed E-state index contributed by atoms with van der Waals surface area (Å²) in [6.45, 7) is 0. The molecule has 0 aliphatic heterocycles. The maximum absolute atomic E-state index is 10.9. The van der Waals surface area contributed by atoms with Crippen LogP contribution in [0.2, 0.25) is 5.02 Å². The average molecular weight is 323 g/mol. The molecule has 2 aromatic heterocycles. The molecule has 0 unspecified atom stereocenters. The zero-order valence-electron chi connectivity index (χ0n) is 11.0. The molecule has 1 aromatic carbocycles. The van der Waals surface area contributed by atoms with E-state index in [1.165, 1.54) is 11.3 Å². The monoisotopic (exact) mass is 322 g/mol. The maximum Gasteiger partial charge on any atom is 0.309 e. The van der Waals surface area contributed by atoms with Gasteiger partial charge in [-0.1, -0.05) is 11.6 Å². The molecular formula is C14H11ClN2O3S. The lowest BCUT2D eigenvalue weighted by Crippen LogP contribution is -2.02. The molecule has 3 rings (SSSR count). The summed E-state index contributed by atoms with van der Waals surface area (Å²) in [7, 11) is 1.58. The molecule has 3 aromatic rings. The number of aromatic nitrogens is 2. The Morgan fingerprint density at radius 3 is 3.05 bits per heavy atom. The predicted molar refractivity (Wildman–Crippen MR) is 81.4 cm³/mol. The topological polar surface area (TPSA) is 63.8 Å². The number of benzene rings is 1. The lowest BCUT2D eigenvalue weighted by Gasteiger charge is -2.06. The second-order valence-corrected chi connectivity index (χ2v) is 5.69. The van der Waals surface area contributed by atoms with Crippen molar-refractivity contribution in [2.24, 2.45) is 0 Å². The second kappa shape index (κ2) is 5.38. The first-order valence-corrected chi connectivity index (χ1v) is 7.35. The lowest BCUT2D eigenvalue weighted by molar-refractivity contribution is -0.136. The number of thiazole rings is 1. The summed E-state index contributed by atoms with van der Waals surface area (Å²) in [6, 6.07) is 5.31. The van der Waals surface area contributed by atoms with Crippen LogP contribution in [0.3, 0.4) is 0 Å². The van der Waals surface area contributed by atoms with Crippen LogP contribution in [0.5, 0.6) is 5.75 Å². The van der Waals surface area contributed by atoms with E-state index in [1.54, 1.807) is 41.3 Å². The molecule has 0 radical (unpaired) electrons. The number of rotatable bonds is 4. The molecule has 0 bridgehead atoms. The highest BCUT2D eigenvalue weighted by Crippen LogP contribution is 2.33. The van der Waals surface area contributed by atoms with Crippen LogP contribution in [0.15, 0.2) is 29.8 Å². The summed E-state index contributed by atoms with van der Waals surface area (Å²) < 4.78 is 7.11. The summed E-state index contributed by atoms with van der Waals surface area (Å²) in [6.07, 6.45) is 1.76. The number of carboxylic acids is 1. The van der Waals surface area contributed by atoms with Crippen molar-refractivity contribution in [1.29, 1.82) is 0 Å². The van der Waals surface area contributed by atoms with Crippen LogP contribution in [0, 0.1) is 0 Å². The minimum atomic E-state index is -0.870. The van der Waals surface area contributed by atoms with Crippen LogP contribution >= 0.6 is 22.9 Å². The molecule has 0 saturated heterocycles. The number of carbonyl (C=O) groups is 1. The Hall–Kier alpha value is -2.05. The van der Waals surface area contributed by atoms with Gasteiger partial charge >= 0.3 is 5.97 Å². The van der Waals surface area contributed by atoms with Crippen molar-refractivity contribution in [3.8, 4) is 17.0 Å². The first kappa shape index (κ1) is 13.9. The van der Waals surface area contributed by atoms with Crippen molar-refractivity contribution in [2.45, 2.75) is 6.42 Å². The number of hydrogen-bond acceptors (Lipinski definition) is 4. The van der Waals surface area contributed by atoms with Gasteiger partial charge in [0.2, 0.25) is 0 Å². The molecule has 108 valence electrons. The second-order valence-electron chi connectivity index (χ2n) is 4.42. The van der Waals surface area contributed by atoms with E-state index in [-0.39, 0.29) is 6.42 Å². The van der Waals surface area contributed by atoms with E-state index in [9.17, 15) is 4.79 Å². The molecule has 7 heteroatoms. The van der Waals surface area contributed by atoms with Gasteiger partial charge in [0.1, 0.15) is 5.75 Å². The maximum atomic E-state index is 10.9. The van der Waals surface area contributed by atoms with Crippen LogP contribution in [-0.2, 0) is 11.2 Å². The number of methoxy groups -OCH3 is 1. The lowest BCUT2D eigenvalue weighted by atomic mass is 10.1. The van der Waals surface area contributed by atoms with Gasteiger partial charge in [0.25, 0.3) is 0 Å². The fourth-order valence-corrected chi connectivity index (χ4v) is 3.17. The third kappa shape index (κ3) is 2.59. The number of hydrogen-bond donors (Lipinski definition) is 1. The highest BCUT2D eigenvalue weighted by atomic mass is 35.5. The number of imidazole rings is 1. The molecule has 0 spiro atoms. The molecule has 0 atom stereocenters. The molecule has 5 nitrogen and oxygen atoms in total. The largest absolute Gasteiger partial charge is 0.496 e. The van der Waals surface area contributed by atoms with Gasteiger partial charge in [-0.25, -0.2) is 4.98 Å². The molecule has 0 amide bonds. The van der Waals surface area contributed by atoms with Crippen LogP contribution in [0.1, 0.15) is 5.69 Å². The van der Waals surface area contributed by atoms with Gasteiger partial charge in [-0.2, -0.15) is 0 Å². The third-order valence-corrected chi connectivity index (χ3v) is 4.18. The first-order valence-electron chi connectivity index (χ1n) is 6.09. The Morgan fingerprint density at radius 2 is 2.33 bits per heavy atom. The number of ether oxygens (including phenoxy) is 1. The van der Waals surface area contributed by atoms with Crippen molar-refractivity contribution >= 4 is 33.9 Å². The van der Waals surface area contributed by atoms with Crippen molar-refractivity contribution < 1.29 is 14.6 Å². The van der Waals surface area contributed by atoms with Gasteiger partial charge in [0, 0.05) is 27.9 Å². The molecule has 0 fully saturated rings. The Morgan fingerprint density at radius 1 is 1.52 bits per heavy atom. The van der Waals surface area contributed by atoms with Gasteiger partial charge < -0.3 is 9.84 Å². The van der Waals surface area contributed by atoms with E-state index in [4.69, 9.17) is 21.4 Å². The van der Waals surface area contributed by atoms with Crippen LogP contribution < -0.4 is 4.74 Å². The van der Waals surface area contributed by atoms with E-state index in [0.29, 0.717) is 22.2 Å². The smallest absolute Gasteiger partial charge is 0.309 e. The van der Waals surface area contributed by atoms with Crippen LogP contribution in [0.4, 0.5) is 0 Å². The molecule has 2 heterocycles. The van der Waals surface area contributed by atoms with E-state index < -0.39 is 5.97 Å². The van der Waals surface area contributed by atoms with Crippen LogP contribution in [-0.4, -0.2) is 27.6 Å². The standard InChI is InChI=1S/C14H11ClN2O3S/c1-20-12-3-2-8(15)4-10(12)11-6-17-9(5-13(18)19)7-21-14(17)16-11/h2-4,6-7H,5H2,1H3,(H,18,19). The summed E-state index contributed by atoms with van der Waals surface area (Å²) in [5.41, 5.74) is 2.18. The zero-order valence-corrected chi connectivity index (χ0v) is 12.6. The summed E-state index contributed by atoms with van der Waals surface area (Å²) >= 11 is 7.44. The van der Waals surface area contributed by atoms with E-state index in [2.05, 4.69) is 4.98 Å². The molecule has 1 N–H and O–H groups in total. The van der Waals surface area contributed by atoms with E-state index >= 15 is 0 Å². The number of fused-ring (bicyclic) bond motifs is 1. The molecule has 0 aliphatic rings. The third-order valence-electron chi connectivity index (χ3n) is 3.05. The van der Waals surface area contributed by atoms with Crippen molar-refractivity contribution in [3.63, 3.8) is 0 Å². The number of aliphatic carboxylic acids is 1. The first-order chi connectivity index (χ1) is 10.1. The average Bonchev–Trinajstić information content (AvgIpc) is 3.00. The highest BCUT2D eigenvalue weighted by Gasteiger charge is 2.14. The van der Waals surface area contributed by atoms with Gasteiger partial charge in [-0.15, -0.1) is 11.3 Å². The number of nitrogens with zero attached hydrogens (tertiary/aromatic N) is 2. The summed E-state index contributed by atoms with van der Waals surface area (Å²) in [5, 5.41) is 11.3. The highest BCUT2D eigenvalue weighted by molar-refractivity contribution is 7.15. The van der Waals surface area contributed by atoms with Crippen LogP contribution in [0.25, 0.3) is 16.2 Å². The summed E-state index contributed by atoms with van der Waals surface area (Å²) in [4.78, 5) is 16.1. The minimum Gasteiger partial charge on any atom is -0.496 e. The number of carboxylic acid groups (broad SMARTS) is 1. The molecule has 0 saturated carbocycles.